The number of hydrogen-bond donors (Lipinski definition) is 1. The standard InChI is InChI=1S/C16H22O3/c1-11-5-7-16(8-6-11)10-14(17)13-4-3-12(18-2)9-15(13)19-16/h3-4,9,11,14,17H,5-8,10H2,1-2H3/t11?,14-,16?/m1/s1. The minimum absolute atomic E-state index is 0.161. The largest absolute Gasteiger partial charge is 0.497 e. The summed E-state index contributed by atoms with van der Waals surface area (Å²) in [5.41, 5.74) is 0.732. The van der Waals surface area contributed by atoms with Crippen LogP contribution in [0.25, 0.3) is 0 Å². The number of hydrogen-bond acceptors (Lipinski definition) is 3. The molecule has 0 saturated heterocycles. The Balaban J connectivity index is 1.89. The second kappa shape index (κ2) is 4.71. The van der Waals surface area contributed by atoms with Gasteiger partial charge in [-0.2, -0.15) is 0 Å². The van der Waals surface area contributed by atoms with Crippen LogP contribution < -0.4 is 9.47 Å². The molecule has 0 bridgehead atoms. The molecule has 1 saturated carbocycles. The molecule has 1 heterocycles. The molecule has 1 aliphatic heterocycles. The van der Waals surface area contributed by atoms with E-state index in [0.717, 1.165) is 42.2 Å². The van der Waals surface area contributed by atoms with Gasteiger partial charge in [-0.1, -0.05) is 6.92 Å². The predicted octanol–water partition coefficient (Wildman–Crippen LogP) is 3.46. The minimum Gasteiger partial charge on any atom is -0.497 e. The monoisotopic (exact) mass is 262 g/mol. The average molecular weight is 262 g/mol. The van der Waals surface area contributed by atoms with Gasteiger partial charge in [-0.3, -0.25) is 0 Å². The molecule has 19 heavy (non-hydrogen) atoms. The van der Waals surface area contributed by atoms with Gasteiger partial charge in [0.05, 0.1) is 13.2 Å². The molecule has 1 N–H and O–H groups in total. The van der Waals surface area contributed by atoms with Crippen LogP contribution in [0.2, 0.25) is 0 Å². The van der Waals surface area contributed by atoms with Crippen LogP contribution in [0.15, 0.2) is 18.2 Å². The molecule has 1 fully saturated rings. The van der Waals surface area contributed by atoms with Crippen molar-refractivity contribution in [2.24, 2.45) is 5.92 Å². The number of rotatable bonds is 1. The van der Waals surface area contributed by atoms with E-state index >= 15 is 0 Å². The van der Waals surface area contributed by atoms with Crippen molar-refractivity contribution < 1.29 is 14.6 Å². The Kier molecular flexibility index (Phi) is 3.17. The smallest absolute Gasteiger partial charge is 0.129 e. The molecule has 1 aromatic carbocycles. The fourth-order valence-corrected chi connectivity index (χ4v) is 3.34. The van der Waals surface area contributed by atoms with Crippen molar-refractivity contribution >= 4 is 0 Å². The number of ether oxygens (including phenoxy) is 2. The van der Waals surface area contributed by atoms with Gasteiger partial charge < -0.3 is 14.6 Å². The average Bonchev–Trinajstić information content (AvgIpc) is 2.42. The first kappa shape index (κ1) is 12.8. The Morgan fingerprint density at radius 3 is 2.74 bits per heavy atom. The highest BCUT2D eigenvalue weighted by atomic mass is 16.5. The van der Waals surface area contributed by atoms with Crippen LogP contribution >= 0.6 is 0 Å². The van der Waals surface area contributed by atoms with Crippen LogP contribution in [0.3, 0.4) is 0 Å². The molecule has 0 aromatic heterocycles. The minimum atomic E-state index is -0.414. The number of benzene rings is 1. The van der Waals surface area contributed by atoms with Gasteiger partial charge in [0.25, 0.3) is 0 Å². The van der Waals surface area contributed by atoms with Gasteiger partial charge >= 0.3 is 0 Å². The summed E-state index contributed by atoms with van der Waals surface area (Å²) in [7, 11) is 1.65. The van der Waals surface area contributed by atoms with Crippen molar-refractivity contribution in [2.45, 2.75) is 50.7 Å². The maximum absolute atomic E-state index is 10.4. The molecule has 1 aromatic rings. The van der Waals surface area contributed by atoms with E-state index in [1.54, 1.807) is 7.11 Å². The maximum Gasteiger partial charge on any atom is 0.129 e. The normalized spacial score (nSPS) is 33.6. The first-order valence-corrected chi connectivity index (χ1v) is 7.17. The molecular weight excluding hydrogens is 240 g/mol. The summed E-state index contributed by atoms with van der Waals surface area (Å²) in [5, 5.41) is 10.4. The van der Waals surface area contributed by atoms with Gasteiger partial charge in [-0.05, 0) is 43.7 Å². The second-order valence-corrected chi connectivity index (χ2v) is 6.09. The van der Waals surface area contributed by atoms with E-state index in [1.807, 2.05) is 18.2 Å². The first-order valence-electron chi connectivity index (χ1n) is 7.17. The highest BCUT2D eigenvalue weighted by Crippen LogP contribution is 2.47. The number of methoxy groups -OCH3 is 1. The molecule has 3 nitrogen and oxygen atoms in total. The summed E-state index contributed by atoms with van der Waals surface area (Å²) in [4.78, 5) is 0. The molecular formula is C16H22O3. The SMILES string of the molecule is COc1ccc2c(c1)OC1(CCC(C)CC1)C[C@H]2O. The van der Waals surface area contributed by atoms with Gasteiger partial charge in [0, 0.05) is 18.1 Å². The van der Waals surface area contributed by atoms with Crippen LogP contribution in [-0.4, -0.2) is 17.8 Å². The molecule has 1 aliphatic carbocycles. The van der Waals surface area contributed by atoms with Gasteiger partial charge in [0.15, 0.2) is 0 Å². The van der Waals surface area contributed by atoms with Crippen molar-refractivity contribution in [1.82, 2.24) is 0 Å². The Labute approximate surface area is 114 Å². The molecule has 2 aliphatic rings. The maximum atomic E-state index is 10.4. The highest BCUT2D eigenvalue weighted by molar-refractivity contribution is 5.44. The number of fused-ring (bicyclic) bond motifs is 1. The topological polar surface area (TPSA) is 38.7 Å². The van der Waals surface area contributed by atoms with Crippen molar-refractivity contribution in [1.29, 1.82) is 0 Å². The predicted molar refractivity (Wildman–Crippen MR) is 73.6 cm³/mol. The summed E-state index contributed by atoms with van der Waals surface area (Å²) in [6.07, 6.45) is 4.77. The molecule has 1 atom stereocenters. The van der Waals surface area contributed by atoms with Crippen molar-refractivity contribution in [3.63, 3.8) is 0 Å². The summed E-state index contributed by atoms with van der Waals surface area (Å²) < 4.78 is 11.5. The van der Waals surface area contributed by atoms with E-state index in [0.29, 0.717) is 0 Å². The zero-order valence-corrected chi connectivity index (χ0v) is 11.7. The molecule has 0 amide bonds. The lowest BCUT2D eigenvalue weighted by molar-refractivity contribution is -0.0455. The summed E-state index contributed by atoms with van der Waals surface area (Å²) in [5.74, 6) is 2.36. The van der Waals surface area contributed by atoms with E-state index in [-0.39, 0.29) is 5.60 Å². The van der Waals surface area contributed by atoms with Crippen LogP contribution in [0.1, 0.15) is 50.7 Å². The zero-order chi connectivity index (χ0) is 13.5. The van der Waals surface area contributed by atoms with Gasteiger partial charge in [-0.15, -0.1) is 0 Å². The van der Waals surface area contributed by atoms with Crippen molar-refractivity contribution in [3.8, 4) is 11.5 Å². The van der Waals surface area contributed by atoms with E-state index in [4.69, 9.17) is 9.47 Å². The van der Waals surface area contributed by atoms with Crippen LogP contribution in [0.5, 0.6) is 11.5 Å². The highest BCUT2D eigenvalue weighted by Gasteiger charge is 2.42. The summed E-state index contributed by atoms with van der Waals surface area (Å²) >= 11 is 0. The zero-order valence-electron chi connectivity index (χ0n) is 11.7. The Bertz CT molecular complexity index is 461. The van der Waals surface area contributed by atoms with Crippen LogP contribution in [-0.2, 0) is 0 Å². The molecule has 3 heteroatoms. The molecule has 0 unspecified atom stereocenters. The molecule has 3 rings (SSSR count). The quantitative estimate of drug-likeness (QED) is 0.842. The fourth-order valence-electron chi connectivity index (χ4n) is 3.34. The van der Waals surface area contributed by atoms with Crippen molar-refractivity contribution in [2.75, 3.05) is 7.11 Å². The Morgan fingerprint density at radius 1 is 1.32 bits per heavy atom. The van der Waals surface area contributed by atoms with Gasteiger partial charge in [0.1, 0.15) is 17.1 Å². The third-order valence-corrected chi connectivity index (χ3v) is 4.66. The Hall–Kier alpha value is -1.22. The lowest BCUT2D eigenvalue weighted by atomic mass is 9.74. The lowest BCUT2D eigenvalue weighted by Gasteiger charge is -2.44. The first-order chi connectivity index (χ1) is 9.12. The number of aliphatic hydroxyl groups is 1. The lowest BCUT2D eigenvalue weighted by Crippen LogP contribution is -2.43. The second-order valence-electron chi connectivity index (χ2n) is 6.09. The Morgan fingerprint density at radius 2 is 2.05 bits per heavy atom. The number of aliphatic hydroxyl groups excluding tert-OH is 1. The van der Waals surface area contributed by atoms with Crippen LogP contribution in [0, 0.1) is 5.92 Å². The van der Waals surface area contributed by atoms with Crippen LogP contribution in [0.4, 0.5) is 0 Å². The van der Waals surface area contributed by atoms with E-state index in [9.17, 15) is 5.11 Å². The van der Waals surface area contributed by atoms with E-state index in [2.05, 4.69) is 6.92 Å². The summed E-state index contributed by atoms with van der Waals surface area (Å²) in [6.45, 7) is 2.29. The van der Waals surface area contributed by atoms with E-state index in [1.165, 1.54) is 12.8 Å². The molecule has 1 spiro atoms. The van der Waals surface area contributed by atoms with Gasteiger partial charge in [0.2, 0.25) is 0 Å². The van der Waals surface area contributed by atoms with Gasteiger partial charge in [-0.25, -0.2) is 0 Å². The third kappa shape index (κ3) is 2.32. The fraction of sp³-hybridized carbons (Fsp3) is 0.625. The molecule has 104 valence electrons. The third-order valence-electron chi connectivity index (χ3n) is 4.66. The van der Waals surface area contributed by atoms with Crippen molar-refractivity contribution in [3.05, 3.63) is 23.8 Å². The molecule has 0 radical (unpaired) electrons. The van der Waals surface area contributed by atoms with E-state index < -0.39 is 6.10 Å². The summed E-state index contributed by atoms with van der Waals surface area (Å²) in [6, 6.07) is 5.70.